The first-order chi connectivity index (χ1) is 19.5. The van der Waals surface area contributed by atoms with Crippen LogP contribution in [0.1, 0.15) is 50.7 Å². The summed E-state index contributed by atoms with van der Waals surface area (Å²) in [5.41, 5.74) is 6.97. The van der Waals surface area contributed by atoms with E-state index in [-0.39, 0.29) is 12.1 Å². The summed E-state index contributed by atoms with van der Waals surface area (Å²) in [4.78, 5) is 19.3. The number of sulfonamides is 1. The fourth-order valence-electron chi connectivity index (χ4n) is 5.47. The Morgan fingerprint density at radius 2 is 1.78 bits per heavy atom. The number of hydrogen-bond donors (Lipinski definition) is 2. The van der Waals surface area contributed by atoms with Gasteiger partial charge >= 0.3 is 5.97 Å². The normalized spacial score (nSPS) is 16.9. The second-order valence-corrected chi connectivity index (χ2v) is 12.2. The lowest BCUT2D eigenvalue weighted by Crippen LogP contribution is -2.29. The summed E-state index contributed by atoms with van der Waals surface area (Å²) >= 11 is 5.89. The smallest absolute Gasteiger partial charge is 0.339 e. The maximum atomic E-state index is 12.6. The number of benzene rings is 2. The van der Waals surface area contributed by atoms with E-state index in [9.17, 15) is 13.2 Å². The predicted octanol–water partition coefficient (Wildman–Crippen LogP) is 5.13. The van der Waals surface area contributed by atoms with E-state index in [1.165, 1.54) is 7.11 Å². The summed E-state index contributed by atoms with van der Waals surface area (Å²) in [6.45, 7) is 5.88. The number of anilines is 2. The summed E-state index contributed by atoms with van der Waals surface area (Å²) in [5.74, 6) is -0.412. The maximum absolute atomic E-state index is 12.6. The molecule has 0 unspecified atom stereocenters. The highest BCUT2D eigenvalue weighted by Gasteiger charge is 2.42. The number of thiocarbonyl (C=S) groups is 1. The van der Waals surface area contributed by atoms with Crippen LogP contribution in [0.5, 0.6) is 0 Å². The molecule has 3 heterocycles. The van der Waals surface area contributed by atoms with Gasteiger partial charge in [-0.25, -0.2) is 13.2 Å². The van der Waals surface area contributed by atoms with Crippen molar-refractivity contribution in [1.82, 2.24) is 14.9 Å². The van der Waals surface area contributed by atoms with E-state index in [2.05, 4.69) is 25.7 Å². The zero-order valence-corrected chi connectivity index (χ0v) is 25.0. The van der Waals surface area contributed by atoms with Gasteiger partial charge in [0, 0.05) is 23.3 Å². The van der Waals surface area contributed by atoms with Crippen molar-refractivity contribution in [3.8, 4) is 5.69 Å². The molecule has 9 nitrogen and oxygen atoms in total. The Balaban J connectivity index is 1.67. The molecule has 1 aliphatic rings. The van der Waals surface area contributed by atoms with Crippen LogP contribution in [0.4, 0.5) is 11.4 Å². The van der Waals surface area contributed by atoms with E-state index >= 15 is 0 Å². The molecule has 4 aromatic rings. The summed E-state index contributed by atoms with van der Waals surface area (Å²) in [6.07, 6.45) is 2.88. The number of carbonyl (C=O) groups is 1. The number of pyridine rings is 1. The van der Waals surface area contributed by atoms with Crippen molar-refractivity contribution < 1.29 is 17.9 Å². The van der Waals surface area contributed by atoms with Gasteiger partial charge in [0.05, 0.1) is 48.1 Å². The molecule has 1 aliphatic heterocycles. The largest absolute Gasteiger partial charge is 0.465 e. The second-order valence-electron chi connectivity index (χ2n) is 10.0. The Labute approximate surface area is 245 Å². The molecule has 2 aromatic heterocycles. The van der Waals surface area contributed by atoms with Crippen molar-refractivity contribution >= 4 is 44.7 Å². The molecule has 0 aliphatic carbocycles. The fourth-order valence-corrected chi connectivity index (χ4v) is 6.44. The fraction of sp³-hybridized carbons (Fsp3) is 0.233. The molecule has 212 valence electrons. The summed E-state index contributed by atoms with van der Waals surface area (Å²) in [7, 11) is -2.06. The molecular formula is C30H31N5O4S2. The zero-order valence-electron chi connectivity index (χ0n) is 23.4. The maximum Gasteiger partial charge on any atom is 0.339 e. The van der Waals surface area contributed by atoms with Gasteiger partial charge in [0.25, 0.3) is 0 Å². The van der Waals surface area contributed by atoms with E-state index in [0.29, 0.717) is 16.4 Å². The van der Waals surface area contributed by atoms with Crippen LogP contribution in [0.15, 0.2) is 72.9 Å². The van der Waals surface area contributed by atoms with Crippen LogP contribution >= 0.6 is 12.2 Å². The van der Waals surface area contributed by atoms with Crippen LogP contribution < -0.4 is 14.9 Å². The molecule has 1 saturated heterocycles. The third-order valence-corrected chi connectivity index (χ3v) is 8.13. The van der Waals surface area contributed by atoms with E-state index in [1.54, 1.807) is 18.3 Å². The van der Waals surface area contributed by atoms with Gasteiger partial charge in [-0.2, -0.15) is 0 Å². The molecule has 41 heavy (non-hydrogen) atoms. The molecule has 0 bridgehead atoms. The van der Waals surface area contributed by atoms with Crippen molar-refractivity contribution in [2.24, 2.45) is 0 Å². The Bertz CT molecular complexity index is 1750. The highest BCUT2D eigenvalue weighted by molar-refractivity contribution is 7.92. The van der Waals surface area contributed by atoms with Crippen LogP contribution in [0.25, 0.3) is 5.69 Å². The highest BCUT2D eigenvalue weighted by atomic mass is 32.2. The lowest BCUT2D eigenvalue weighted by atomic mass is 9.96. The number of para-hydroxylation sites is 1. The minimum absolute atomic E-state index is 0.275. The van der Waals surface area contributed by atoms with Crippen LogP contribution in [-0.2, 0) is 14.8 Å². The summed E-state index contributed by atoms with van der Waals surface area (Å²) in [6, 6.07) is 20.2. The number of methoxy groups -OCH3 is 1. The average Bonchev–Trinajstić information content (AvgIpc) is 3.43. The van der Waals surface area contributed by atoms with Crippen LogP contribution in [-0.4, -0.2) is 42.4 Å². The van der Waals surface area contributed by atoms with E-state index < -0.39 is 16.0 Å². The van der Waals surface area contributed by atoms with Gasteiger partial charge in [-0.3, -0.25) is 9.71 Å². The van der Waals surface area contributed by atoms with Gasteiger partial charge in [-0.1, -0.05) is 18.2 Å². The van der Waals surface area contributed by atoms with Crippen LogP contribution in [0.2, 0.25) is 0 Å². The number of nitrogens with zero attached hydrogens (tertiary/aromatic N) is 3. The molecule has 5 rings (SSSR count). The third-order valence-electron chi connectivity index (χ3n) is 7.22. The zero-order chi connectivity index (χ0) is 29.5. The van der Waals surface area contributed by atoms with Gasteiger partial charge in [0.1, 0.15) is 0 Å². The molecule has 2 aromatic carbocycles. The summed E-state index contributed by atoms with van der Waals surface area (Å²) < 4.78 is 33.4. The standard InChI is InChI=1S/C30H31N5O4S2/c1-18-16-21(13-14-24(18)33-41(5,37)38)35-28(27(32-30(35)40)25-11-8-9-15-31-25)23-17-19(2)34(20(23)3)26-12-7-6-10-22(26)29(36)39-4/h6-17,27-28,33H,1-5H3,(H,32,40)/t27-,28+/m0/s1. The van der Waals surface area contributed by atoms with Gasteiger partial charge in [0.15, 0.2) is 5.11 Å². The number of rotatable bonds is 7. The first kappa shape index (κ1) is 28.3. The van der Waals surface area contributed by atoms with E-state index in [0.717, 1.165) is 45.8 Å². The molecule has 2 atom stereocenters. The Hall–Kier alpha value is -4.22. The molecule has 0 amide bonds. The molecular weight excluding hydrogens is 558 g/mol. The lowest BCUT2D eigenvalue weighted by Gasteiger charge is -2.29. The minimum Gasteiger partial charge on any atom is -0.465 e. The van der Waals surface area contributed by atoms with Crippen LogP contribution in [0.3, 0.4) is 0 Å². The van der Waals surface area contributed by atoms with Gasteiger partial charge in [-0.15, -0.1) is 0 Å². The van der Waals surface area contributed by atoms with E-state index in [4.69, 9.17) is 17.0 Å². The quantitative estimate of drug-likeness (QED) is 0.226. The average molecular weight is 590 g/mol. The molecule has 11 heteroatoms. The number of carbonyl (C=O) groups excluding carboxylic acids is 1. The SMILES string of the molecule is COC(=O)c1ccccc1-n1c(C)cc([C@@H]2[C@H](c3ccccn3)NC(=S)N2c2ccc(NS(C)(=O)=O)c(C)c2)c1C. The second kappa shape index (κ2) is 11.0. The highest BCUT2D eigenvalue weighted by Crippen LogP contribution is 2.44. The molecule has 0 radical (unpaired) electrons. The Kier molecular flexibility index (Phi) is 7.58. The van der Waals surface area contributed by atoms with Crippen molar-refractivity contribution in [2.45, 2.75) is 32.9 Å². The van der Waals surface area contributed by atoms with Crippen molar-refractivity contribution in [3.63, 3.8) is 0 Å². The monoisotopic (exact) mass is 589 g/mol. The molecule has 0 saturated carbocycles. The first-order valence-corrected chi connectivity index (χ1v) is 15.3. The van der Waals surface area contributed by atoms with Gasteiger partial charge in [-0.05, 0) is 92.6 Å². The summed E-state index contributed by atoms with van der Waals surface area (Å²) in [5, 5.41) is 4.00. The lowest BCUT2D eigenvalue weighted by molar-refractivity contribution is 0.0600. The van der Waals surface area contributed by atoms with Crippen molar-refractivity contribution in [2.75, 3.05) is 23.0 Å². The van der Waals surface area contributed by atoms with Crippen LogP contribution in [0, 0.1) is 20.8 Å². The topological polar surface area (TPSA) is 106 Å². The molecule has 1 fully saturated rings. The van der Waals surface area contributed by atoms with E-state index in [1.807, 2.05) is 74.2 Å². The van der Waals surface area contributed by atoms with Crippen molar-refractivity contribution in [3.05, 3.63) is 107 Å². The first-order valence-electron chi connectivity index (χ1n) is 13.0. The van der Waals surface area contributed by atoms with Gasteiger partial charge < -0.3 is 19.5 Å². The number of aryl methyl sites for hydroxylation is 2. The van der Waals surface area contributed by atoms with Crippen molar-refractivity contribution in [1.29, 1.82) is 0 Å². The Morgan fingerprint density at radius 1 is 1.05 bits per heavy atom. The number of aromatic nitrogens is 2. The molecule has 2 N–H and O–H groups in total. The molecule has 0 spiro atoms. The van der Waals surface area contributed by atoms with Gasteiger partial charge in [0.2, 0.25) is 10.0 Å². The third kappa shape index (κ3) is 5.42. The Morgan fingerprint density at radius 3 is 2.44 bits per heavy atom. The number of ether oxygens (including phenoxy) is 1. The number of nitrogens with one attached hydrogen (secondary N) is 2. The number of hydrogen-bond acceptors (Lipinski definition) is 6. The number of esters is 1. The predicted molar refractivity (Wildman–Crippen MR) is 164 cm³/mol. The minimum atomic E-state index is -3.43.